The maximum Gasteiger partial charge on any atom is 0.317 e. The lowest BCUT2D eigenvalue weighted by molar-refractivity contribution is -0.138. The lowest BCUT2D eigenvalue weighted by Gasteiger charge is -2.30. The van der Waals surface area contributed by atoms with Gasteiger partial charge in [0.15, 0.2) is 0 Å². The van der Waals surface area contributed by atoms with Crippen molar-refractivity contribution in [2.24, 2.45) is 0 Å². The predicted octanol–water partition coefficient (Wildman–Crippen LogP) is 8.70. The number of nitrogens with one attached hydrogen (secondary N) is 1. The highest BCUT2D eigenvalue weighted by Gasteiger charge is 2.16. The highest BCUT2D eigenvalue weighted by atomic mass is 32.1. The van der Waals surface area contributed by atoms with E-state index in [9.17, 15) is 9.90 Å². The molecule has 0 aliphatic rings. The van der Waals surface area contributed by atoms with E-state index >= 15 is 0 Å². The first-order chi connectivity index (χ1) is 20.8. The van der Waals surface area contributed by atoms with Crippen LogP contribution in [0.25, 0.3) is 22.2 Å². The molecule has 0 unspecified atom stereocenters. The van der Waals surface area contributed by atoms with Crippen molar-refractivity contribution in [3.63, 3.8) is 0 Å². The van der Waals surface area contributed by atoms with Gasteiger partial charge in [0.1, 0.15) is 5.82 Å². The topological polar surface area (TPSA) is 72.5 Å². The molecule has 0 saturated heterocycles. The number of nitrogens with zero attached hydrogens (tertiary/aromatic N) is 3. The minimum absolute atomic E-state index is 0.0498. The van der Waals surface area contributed by atoms with E-state index in [4.69, 9.17) is 0 Å². The van der Waals surface area contributed by atoms with Gasteiger partial charge in [-0.2, -0.15) is 0 Å². The number of H-pyrrole nitrogens is 1. The van der Waals surface area contributed by atoms with Crippen molar-refractivity contribution in [1.82, 2.24) is 14.9 Å². The number of benzene rings is 3. The van der Waals surface area contributed by atoms with Gasteiger partial charge in [0, 0.05) is 29.7 Å². The van der Waals surface area contributed by atoms with E-state index < -0.39 is 5.97 Å². The highest BCUT2D eigenvalue weighted by molar-refractivity contribution is 7.10. The molecule has 7 heteroatoms. The number of carbonyl (C=O) groups is 1. The Bertz CT molecular complexity index is 1580. The van der Waals surface area contributed by atoms with Crippen molar-refractivity contribution in [3.05, 3.63) is 106 Å². The van der Waals surface area contributed by atoms with E-state index in [1.54, 1.807) is 11.3 Å². The number of thiophene rings is 1. The smallest absolute Gasteiger partial charge is 0.317 e. The molecule has 0 saturated carbocycles. The summed E-state index contributed by atoms with van der Waals surface area (Å²) in [4.78, 5) is 25.1. The molecule has 0 fully saturated rings. The number of aliphatic carboxylic acids is 1. The van der Waals surface area contributed by atoms with Crippen molar-refractivity contribution in [2.45, 2.75) is 72.1 Å². The van der Waals surface area contributed by atoms with Gasteiger partial charge >= 0.3 is 5.97 Å². The van der Waals surface area contributed by atoms with Gasteiger partial charge in [0.25, 0.3) is 0 Å². The highest BCUT2D eigenvalue weighted by Crippen LogP contribution is 2.30. The fourth-order valence-electron chi connectivity index (χ4n) is 5.76. The second-order valence-electron chi connectivity index (χ2n) is 11.6. The van der Waals surface area contributed by atoms with Gasteiger partial charge < -0.3 is 15.0 Å². The van der Waals surface area contributed by atoms with Gasteiger partial charge in [-0.25, -0.2) is 4.98 Å². The Morgan fingerprint density at radius 2 is 1.63 bits per heavy atom. The number of para-hydroxylation sites is 2. The Hall–Kier alpha value is -3.94. The number of aromatic nitrogens is 2. The van der Waals surface area contributed by atoms with E-state index in [2.05, 4.69) is 103 Å². The molecule has 3 aromatic carbocycles. The van der Waals surface area contributed by atoms with Crippen LogP contribution in [0.5, 0.6) is 0 Å². The predicted molar refractivity (Wildman–Crippen MR) is 179 cm³/mol. The Morgan fingerprint density at radius 3 is 2.28 bits per heavy atom. The van der Waals surface area contributed by atoms with Crippen molar-refractivity contribution in [3.8, 4) is 11.1 Å². The molecule has 0 atom stereocenters. The lowest BCUT2D eigenvalue weighted by atomic mass is 9.94. The first-order valence-electron chi connectivity index (χ1n) is 15.2. The molecule has 5 aromatic rings. The van der Waals surface area contributed by atoms with E-state index in [1.807, 2.05) is 29.2 Å². The Morgan fingerprint density at radius 1 is 0.907 bits per heavy atom. The van der Waals surface area contributed by atoms with Crippen molar-refractivity contribution in [1.29, 1.82) is 0 Å². The van der Waals surface area contributed by atoms with E-state index in [-0.39, 0.29) is 6.54 Å². The van der Waals surface area contributed by atoms with Gasteiger partial charge in [-0.15, -0.1) is 11.3 Å². The molecule has 0 spiro atoms. The summed E-state index contributed by atoms with van der Waals surface area (Å²) < 4.78 is 0. The van der Waals surface area contributed by atoms with E-state index in [0.29, 0.717) is 25.0 Å². The molecule has 6 nitrogen and oxygen atoms in total. The number of anilines is 1. The molecule has 5 rings (SSSR count). The normalized spacial score (nSPS) is 11.7. The summed E-state index contributed by atoms with van der Waals surface area (Å²) >= 11 is 1.66. The maximum atomic E-state index is 11.6. The van der Waals surface area contributed by atoms with Crippen LogP contribution in [-0.4, -0.2) is 38.5 Å². The average Bonchev–Trinajstić information content (AvgIpc) is 3.63. The van der Waals surface area contributed by atoms with Gasteiger partial charge in [0.05, 0.1) is 24.1 Å². The molecule has 2 aromatic heterocycles. The second-order valence-corrected chi connectivity index (χ2v) is 12.6. The van der Waals surface area contributed by atoms with Gasteiger partial charge in [0.2, 0.25) is 0 Å². The quantitative estimate of drug-likeness (QED) is 0.135. The van der Waals surface area contributed by atoms with Crippen LogP contribution in [0.3, 0.4) is 0 Å². The number of hydrogen-bond acceptors (Lipinski definition) is 5. The maximum absolute atomic E-state index is 11.6. The minimum Gasteiger partial charge on any atom is -0.480 e. The number of rotatable bonds is 14. The molecule has 2 N–H and O–H groups in total. The average molecular weight is 595 g/mol. The zero-order chi connectivity index (χ0) is 30.3. The van der Waals surface area contributed by atoms with E-state index in [0.717, 1.165) is 33.8 Å². The molecule has 224 valence electrons. The van der Waals surface area contributed by atoms with Gasteiger partial charge in [-0.05, 0) is 90.6 Å². The molecule has 43 heavy (non-hydrogen) atoms. The van der Waals surface area contributed by atoms with Crippen molar-refractivity contribution < 1.29 is 9.90 Å². The summed E-state index contributed by atoms with van der Waals surface area (Å²) in [5, 5.41) is 11.7. The summed E-state index contributed by atoms with van der Waals surface area (Å²) in [6.45, 7) is 10.8. The summed E-state index contributed by atoms with van der Waals surface area (Å²) in [6, 6.07) is 28.4. The number of aromatic amines is 1. The fraction of sp³-hybridized carbons (Fsp3) is 0.333. The molecule has 0 radical (unpaired) electrons. The van der Waals surface area contributed by atoms with Crippen LogP contribution < -0.4 is 4.90 Å². The lowest BCUT2D eigenvalue weighted by Crippen LogP contribution is -2.30. The number of carboxylic acid groups (broad SMARTS) is 1. The first kappa shape index (κ1) is 30.5. The Kier molecular flexibility index (Phi) is 9.95. The molecule has 0 aliphatic heterocycles. The monoisotopic (exact) mass is 594 g/mol. The van der Waals surface area contributed by atoms with Crippen LogP contribution >= 0.6 is 11.3 Å². The van der Waals surface area contributed by atoms with Gasteiger partial charge in [-0.3, -0.25) is 9.69 Å². The number of carboxylic acids is 1. The van der Waals surface area contributed by atoms with Crippen molar-refractivity contribution >= 4 is 34.0 Å². The van der Waals surface area contributed by atoms with Crippen LogP contribution in [0.1, 0.15) is 68.3 Å². The molecule has 2 heterocycles. The van der Waals surface area contributed by atoms with Crippen LogP contribution in [0.4, 0.5) is 5.69 Å². The van der Waals surface area contributed by atoms with Crippen molar-refractivity contribution in [2.75, 3.05) is 11.4 Å². The largest absolute Gasteiger partial charge is 0.480 e. The number of fused-ring (bicyclic) bond motifs is 1. The zero-order valence-corrected chi connectivity index (χ0v) is 26.4. The minimum atomic E-state index is -0.846. The molecule has 0 bridgehead atoms. The Labute approximate surface area is 259 Å². The fourth-order valence-corrected chi connectivity index (χ4v) is 6.69. The molecular weight excluding hydrogens is 552 g/mol. The molecular formula is C36H42N4O2S. The SMILES string of the molecule is CCC(CC)c1ccc(N(Cc2ccc(-c3csc(CN(CC(=O)O)Cc4nc5ccccc5[nH]4)c3)cc2)C(C)C)cc1. The third-order valence-corrected chi connectivity index (χ3v) is 9.07. The summed E-state index contributed by atoms with van der Waals surface area (Å²) in [5.41, 5.74) is 8.13. The third-order valence-electron chi connectivity index (χ3n) is 8.15. The summed E-state index contributed by atoms with van der Waals surface area (Å²) in [7, 11) is 0. The molecule has 0 amide bonds. The molecule has 0 aliphatic carbocycles. The van der Waals surface area contributed by atoms with Crippen LogP contribution in [-0.2, 0) is 24.4 Å². The second kappa shape index (κ2) is 14.0. The zero-order valence-electron chi connectivity index (χ0n) is 25.6. The van der Waals surface area contributed by atoms with E-state index in [1.165, 1.54) is 35.2 Å². The first-order valence-corrected chi connectivity index (χ1v) is 16.1. The third kappa shape index (κ3) is 7.72. The standard InChI is InChI=1S/C36H42N4O2S/c1-5-27(6-2)28-15-17-31(18-16-28)40(25(3)4)20-26-11-13-29(14-12-26)30-19-32(43-24-30)21-39(23-36(41)42)22-35-37-33-9-7-8-10-34(33)38-35/h7-19,24-25,27H,5-6,20-23H2,1-4H3,(H,37,38)(H,41,42). The van der Waals surface area contributed by atoms with Gasteiger partial charge in [-0.1, -0.05) is 62.4 Å². The van der Waals surface area contributed by atoms with Crippen LogP contribution in [0.15, 0.2) is 84.2 Å². The number of imidazole rings is 1. The van der Waals surface area contributed by atoms with Crippen LogP contribution in [0, 0.1) is 0 Å². The Balaban J connectivity index is 1.25. The number of hydrogen-bond donors (Lipinski definition) is 2. The van der Waals surface area contributed by atoms with Crippen LogP contribution in [0.2, 0.25) is 0 Å². The summed E-state index contributed by atoms with van der Waals surface area (Å²) in [5.74, 6) is 0.553. The summed E-state index contributed by atoms with van der Waals surface area (Å²) in [6.07, 6.45) is 2.34.